The summed E-state index contributed by atoms with van der Waals surface area (Å²) in [5.41, 5.74) is 13.2. The lowest BCUT2D eigenvalue weighted by molar-refractivity contribution is 0.767. The van der Waals surface area contributed by atoms with Crippen LogP contribution in [0.5, 0.6) is 0 Å². The Balaban J connectivity index is 1.32. The Labute approximate surface area is 293 Å². The molecule has 0 radical (unpaired) electrons. The van der Waals surface area contributed by atoms with Crippen molar-refractivity contribution in [2.75, 3.05) is 0 Å². The molecule has 0 amide bonds. The van der Waals surface area contributed by atoms with Crippen molar-refractivity contribution < 1.29 is 0 Å². The minimum absolute atomic E-state index is 0.461. The SMILES string of the molecule is Brc1cccc(-c2ccc3c4c5ccccc5ccc4n(-c4ccc5c(c4)C(c4ccccc4)(c4ccccc4)c4ccccc4-5)c3c2)c1. The maximum absolute atomic E-state index is 3.70. The predicted molar refractivity (Wildman–Crippen MR) is 209 cm³/mol. The van der Waals surface area contributed by atoms with Crippen molar-refractivity contribution in [3.63, 3.8) is 0 Å². The summed E-state index contributed by atoms with van der Waals surface area (Å²) in [6.45, 7) is 0. The minimum atomic E-state index is -0.461. The summed E-state index contributed by atoms with van der Waals surface area (Å²) in [7, 11) is 0. The highest BCUT2D eigenvalue weighted by molar-refractivity contribution is 9.10. The molecule has 1 aliphatic rings. The molecule has 0 N–H and O–H groups in total. The molecule has 0 fully saturated rings. The standard InChI is InChI=1S/C47H30BrN/c48-36-18-11-13-32(28-36)33-22-25-41-45(29-33)49(44-27-23-31-12-7-8-19-38(31)46(41)44)37-24-26-40-39-20-9-10-21-42(39)47(43(40)30-37,34-14-3-1-4-15-34)35-16-5-2-6-17-35/h1-30H. The predicted octanol–water partition coefficient (Wildman–Crippen LogP) is 12.7. The molecule has 1 heterocycles. The summed E-state index contributed by atoms with van der Waals surface area (Å²) >= 11 is 3.70. The van der Waals surface area contributed by atoms with Gasteiger partial charge >= 0.3 is 0 Å². The second kappa shape index (κ2) is 10.9. The van der Waals surface area contributed by atoms with Gasteiger partial charge in [0.05, 0.1) is 16.4 Å². The first-order chi connectivity index (χ1) is 24.2. The molecular formula is C47H30BrN. The Bertz CT molecular complexity index is 2680. The quantitative estimate of drug-likeness (QED) is 0.173. The molecular weight excluding hydrogens is 658 g/mol. The van der Waals surface area contributed by atoms with Gasteiger partial charge in [-0.15, -0.1) is 0 Å². The molecule has 230 valence electrons. The molecule has 0 saturated heterocycles. The lowest BCUT2D eigenvalue weighted by atomic mass is 9.67. The van der Waals surface area contributed by atoms with Gasteiger partial charge < -0.3 is 4.57 Å². The zero-order chi connectivity index (χ0) is 32.5. The molecule has 9 aromatic rings. The molecule has 0 bridgehead atoms. The summed E-state index contributed by atoms with van der Waals surface area (Å²) in [6.07, 6.45) is 0. The molecule has 0 aliphatic heterocycles. The van der Waals surface area contributed by atoms with Crippen LogP contribution in [-0.4, -0.2) is 4.57 Å². The second-order valence-corrected chi connectivity index (χ2v) is 13.9. The van der Waals surface area contributed by atoms with Crippen molar-refractivity contribution in [1.29, 1.82) is 0 Å². The van der Waals surface area contributed by atoms with Crippen LogP contribution >= 0.6 is 15.9 Å². The Morgan fingerprint density at radius 1 is 0.429 bits per heavy atom. The summed E-state index contributed by atoms with van der Waals surface area (Å²) in [5.74, 6) is 0. The smallest absolute Gasteiger partial charge is 0.0714 e. The van der Waals surface area contributed by atoms with E-state index < -0.39 is 5.41 Å². The van der Waals surface area contributed by atoms with Gasteiger partial charge in [-0.25, -0.2) is 0 Å². The van der Waals surface area contributed by atoms with E-state index in [0.717, 1.165) is 10.2 Å². The first kappa shape index (κ1) is 28.3. The zero-order valence-electron chi connectivity index (χ0n) is 26.6. The topological polar surface area (TPSA) is 4.93 Å². The summed E-state index contributed by atoms with van der Waals surface area (Å²) in [4.78, 5) is 0. The monoisotopic (exact) mass is 687 g/mol. The van der Waals surface area contributed by atoms with Crippen molar-refractivity contribution in [3.05, 3.63) is 209 Å². The number of hydrogen-bond donors (Lipinski definition) is 0. The van der Waals surface area contributed by atoms with E-state index in [1.54, 1.807) is 0 Å². The summed E-state index contributed by atoms with van der Waals surface area (Å²) in [6, 6.07) is 67.1. The van der Waals surface area contributed by atoms with Gasteiger partial charge in [-0.05, 0) is 91.7 Å². The van der Waals surface area contributed by atoms with Gasteiger partial charge in [0, 0.05) is 20.9 Å². The number of halogens is 1. The number of rotatable bonds is 4. The Kier molecular flexibility index (Phi) is 6.31. The third kappa shape index (κ3) is 4.11. The fraction of sp³-hybridized carbons (Fsp3) is 0.0213. The van der Waals surface area contributed by atoms with E-state index in [-0.39, 0.29) is 0 Å². The van der Waals surface area contributed by atoms with Crippen molar-refractivity contribution in [2.24, 2.45) is 0 Å². The summed E-state index contributed by atoms with van der Waals surface area (Å²) < 4.78 is 3.57. The Hall–Kier alpha value is -5.70. The molecule has 10 rings (SSSR count). The first-order valence-electron chi connectivity index (χ1n) is 16.8. The average Bonchev–Trinajstić information content (AvgIpc) is 3.66. The van der Waals surface area contributed by atoms with Gasteiger partial charge in [-0.2, -0.15) is 0 Å². The molecule has 0 saturated carbocycles. The minimum Gasteiger partial charge on any atom is -0.309 e. The highest BCUT2D eigenvalue weighted by Crippen LogP contribution is 2.56. The van der Waals surface area contributed by atoms with E-state index >= 15 is 0 Å². The van der Waals surface area contributed by atoms with Crippen molar-refractivity contribution >= 4 is 48.5 Å². The van der Waals surface area contributed by atoms with Gasteiger partial charge in [0.15, 0.2) is 0 Å². The van der Waals surface area contributed by atoms with Crippen LogP contribution in [0.1, 0.15) is 22.3 Å². The van der Waals surface area contributed by atoms with E-state index in [9.17, 15) is 0 Å². The van der Waals surface area contributed by atoms with E-state index in [0.29, 0.717) is 0 Å². The van der Waals surface area contributed by atoms with Gasteiger partial charge in [0.2, 0.25) is 0 Å². The van der Waals surface area contributed by atoms with Crippen LogP contribution in [0.15, 0.2) is 186 Å². The van der Waals surface area contributed by atoms with Crippen LogP contribution in [0.3, 0.4) is 0 Å². The molecule has 0 spiro atoms. The number of benzene rings is 8. The molecule has 1 aromatic heterocycles. The van der Waals surface area contributed by atoms with E-state index in [2.05, 4.69) is 202 Å². The number of fused-ring (bicyclic) bond motifs is 8. The molecule has 8 aromatic carbocycles. The molecule has 1 aliphatic carbocycles. The third-order valence-electron chi connectivity index (χ3n) is 10.5. The second-order valence-electron chi connectivity index (χ2n) is 13.0. The highest BCUT2D eigenvalue weighted by atomic mass is 79.9. The normalized spacial score (nSPS) is 13.2. The maximum atomic E-state index is 3.70. The summed E-state index contributed by atoms with van der Waals surface area (Å²) in [5, 5.41) is 5.07. The average molecular weight is 689 g/mol. The van der Waals surface area contributed by atoms with Crippen molar-refractivity contribution in [3.8, 4) is 27.9 Å². The maximum Gasteiger partial charge on any atom is 0.0714 e. The van der Waals surface area contributed by atoms with Gasteiger partial charge in [0.1, 0.15) is 0 Å². The number of hydrogen-bond acceptors (Lipinski definition) is 0. The Morgan fingerprint density at radius 2 is 1.12 bits per heavy atom. The van der Waals surface area contributed by atoms with Gasteiger partial charge in [-0.3, -0.25) is 0 Å². The van der Waals surface area contributed by atoms with Crippen LogP contribution in [0.2, 0.25) is 0 Å². The fourth-order valence-electron chi connectivity index (χ4n) is 8.48. The van der Waals surface area contributed by atoms with Crippen LogP contribution in [0.25, 0.3) is 60.5 Å². The van der Waals surface area contributed by atoms with Crippen LogP contribution in [0.4, 0.5) is 0 Å². The lowest BCUT2D eigenvalue weighted by Gasteiger charge is -2.34. The zero-order valence-corrected chi connectivity index (χ0v) is 28.2. The van der Waals surface area contributed by atoms with Gasteiger partial charge in [-0.1, -0.05) is 162 Å². The van der Waals surface area contributed by atoms with E-state index in [1.165, 1.54) is 77.1 Å². The van der Waals surface area contributed by atoms with Crippen LogP contribution in [0, 0.1) is 0 Å². The molecule has 1 nitrogen and oxygen atoms in total. The van der Waals surface area contributed by atoms with Crippen molar-refractivity contribution in [1.82, 2.24) is 4.57 Å². The fourth-order valence-corrected chi connectivity index (χ4v) is 8.88. The van der Waals surface area contributed by atoms with E-state index in [4.69, 9.17) is 0 Å². The molecule has 49 heavy (non-hydrogen) atoms. The Morgan fingerprint density at radius 3 is 1.92 bits per heavy atom. The molecule has 0 atom stereocenters. The molecule has 2 heteroatoms. The first-order valence-corrected chi connectivity index (χ1v) is 17.6. The largest absolute Gasteiger partial charge is 0.309 e. The van der Waals surface area contributed by atoms with Crippen LogP contribution < -0.4 is 0 Å². The highest BCUT2D eigenvalue weighted by Gasteiger charge is 2.46. The lowest BCUT2D eigenvalue weighted by Crippen LogP contribution is -2.28. The van der Waals surface area contributed by atoms with E-state index in [1.807, 2.05) is 0 Å². The van der Waals surface area contributed by atoms with Crippen molar-refractivity contribution in [2.45, 2.75) is 5.41 Å². The number of nitrogens with zero attached hydrogens (tertiary/aromatic N) is 1. The number of aromatic nitrogens is 1. The third-order valence-corrected chi connectivity index (χ3v) is 11.0. The van der Waals surface area contributed by atoms with Crippen LogP contribution in [-0.2, 0) is 5.41 Å². The van der Waals surface area contributed by atoms with Gasteiger partial charge in [0.25, 0.3) is 0 Å². The molecule has 0 unspecified atom stereocenters.